The van der Waals surface area contributed by atoms with Crippen LogP contribution in [-0.2, 0) is 11.2 Å². The molecule has 1 amide bonds. The summed E-state index contributed by atoms with van der Waals surface area (Å²) in [5.41, 5.74) is 1.40. The van der Waals surface area contributed by atoms with E-state index in [1.165, 1.54) is 11.8 Å². The smallest absolute Gasteiger partial charge is 0.338 e. The summed E-state index contributed by atoms with van der Waals surface area (Å²) in [5, 5.41) is 13.1. The van der Waals surface area contributed by atoms with Gasteiger partial charge in [-0.2, -0.15) is 5.10 Å². The average Bonchev–Trinajstić information content (AvgIpc) is 3.19. The minimum absolute atomic E-state index is 0.154. The zero-order chi connectivity index (χ0) is 19.2. The fraction of sp³-hybridized carbons (Fsp3) is 0.450. The number of benzene rings is 1. The number of carbonyl (C=O) groups is 2. The standard InChI is InChI=1S/C20H25N3O4/c1-27-18-7-5-15(6-8-18)3-2-4-19(24)22-11-9-17(10-12-22)23-14-16(13-21-23)20(25)26/h5-8,13-14,17H,2-4,9-12H2,1H3,(H,25,26). The monoisotopic (exact) mass is 371 g/mol. The lowest BCUT2D eigenvalue weighted by Crippen LogP contribution is -2.39. The number of likely N-dealkylation sites (tertiary alicyclic amines) is 1. The molecule has 1 fully saturated rings. The Hall–Kier alpha value is -2.83. The van der Waals surface area contributed by atoms with Crippen LogP contribution < -0.4 is 4.74 Å². The first kappa shape index (κ1) is 18.9. The van der Waals surface area contributed by atoms with Crippen LogP contribution in [0.5, 0.6) is 5.75 Å². The van der Waals surface area contributed by atoms with Crippen LogP contribution in [0.1, 0.15) is 47.6 Å². The summed E-state index contributed by atoms with van der Waals surface area (Å²) in [4.78, 5) is 25.3. The Balaban J connectivity index is 1.41. The SMILES string of the molecule is COc1ccc(CCCC(=O)N2CCC(n3cc(C(=O)O)cn3)CC2)cc1. The van der Waals surface area contributed by atoms with Crippen LogP contribution in [-0.4, -0.2) is 51.9 Å². The third-order valence-corrected chi connectivity index (χ3v) is 5.05. The highest BCUT2D eigenvalue weighted by Crippen LogP contribution is 2.23. The number of ether oxygens (including phenoxy) is 1. The first-order valence-electron chi connectivity index (χ1n) is 9.25. The Labute approximate surface area is 158 Å². The molecule has 0 atom stereocenters. The summed E-state index contributed by atoms with van der Waals surface area (Å²) in [6, 6.07) is 8.09. The highest BCUT2D eigenvalue weighted by atomic mass is 16.5. The number of aryl methyl sites for hydroxylation is 1. The van der Waals surface area contributed by atoms with E-state index in [9.17, 15) is 9.59 Å². The first-order valence-corrected chi connectivity index (χ1v) is 9.25. The van der Waals surface area contributed by atoms with Gasteiger partial charge in [-0.05, 0) is 43.4 Å². The third kappa shape index (κ3) is 4.87. The van der Waals surface area contributed by atoms with Crippen LogP contribution in [0, 0.1) is 0 Å². The molecule has 1 aromatic carbocycles. The molecule has 1 saturated heterocycles. The number of aromatic carboxylic acids is 1. The van der Waals surface area contributed by atoms with Crippen molar-refractivity contribution < 1.29 is 19.4 Å². The van der Waals surface area contributed by atoms with E-state index in [0.29, 0.717) is 19.5 Å². The molecule has 7 nitrogen and oxygen atoms in total. The molecule has 2 aromatic rings. The highest BCUT2D eigenvalue weighted by Gasteiger charge is 2.24. The zero-order valence-electron chi connectivity index (χ0n) is 15.5. The lowest BCUT2D eigenvalue weighted by Gasteiger charge is -2.32. The molecule has 0 unspecified atom stereocenters. The number of hydrogen-bond acceptors (Lipinski definition) is 4. The van der Waals surface area contributed by atoms with E-state index in [4.69, 9.17) is 9.84 Å². The second-order valence-electron chi connectivity index (χ2n) is 6.83. The van der Waals surface area contributed by atoms with Gasteiger partial charge in [-0.1, -0.05) is 12.1 Å². The molecule has 1 N–H and O–H groups in total. The normalized spacial score (nSPS) is 14.9. The van der Waals surface area contributed by atoms with E-state index < -0.39 is 5.97 Å². The maximum atomic E-state index is 12.4. The van der Waals surface area contributed by atoms with Gasteiger partial charge in [0.15, 0.2) is 0 Å². The minimum atomic E-state index is -0.967. The summed E-state index contributed by atoms with van der Waals surface area (Å²) < 4.78 is 6.87. The average molecular weight is 371 g/mol. The summed E-state index contributed by atoms with van der Waals surface area (Å²) >= 11 is 0. The fourth-order valence-electron chi connectivity index (χ4n) is 3.42. The Morgan fingerprint density at radius 2 is 1.93 bits per heavy atom. The number of piperidine rings is 1. The Kier molecular flexibility index (Phi) is 6.11. The van der Waals surface area contributed by atoms with Gasteiger partial charge < -0.3 is 14.7 Å². The molecule has 144 valence electrons. The van der Waals surface area contributed by atoms with E-state index >= 15 is 0 Å². The molecule has 0 aliphatic carbocycles. The molecule has 1 aromatic heterocycles. The van der Waals surface area contributed by atoms with E-state index in [0.717, 1.165) is 31.4 Å². The van der Waals surface area contributed by atoms with Crippen molar-refractivity contribution in [3.05, 3.63) is 47.8 Å². The minimum Gasteiger partial charge on any atom is -0.497 e. The van der Waals surface area contributed by atoms with E-state index in [2.05, 4.69) is 5.10 Å². The molecule has 0 saturated carbocycles. The van der Waals surface area contributed by atoms with Gasteiger partial charge in [0.1, 0.15) is 5.75 Å². The van der Waals surface area contributed by atoms with Crippen molar-refractivity contribution in [2.24, 2.45) is 0 Å². The summed E-state index contributed by atoms with van der Waals surface area (Å²) in [6.45, 7) is 1.38. The highest BCUT2D eigenvalue weighted by molar-refractivity contribution is 5.86. The molecule has 1 aliphatic heterocycles. The number of rotatable bonds is 7. The molecular weight excluding hydrogens is 346 g/mol. The Morgan fingerprint density at radius 3 is 2.52 bits per heavy atom. The van der Waals surface area contributed by atoms with Gasteiger partial charge in [-0.3, -0.25) is 9.48 Å². The van der Waals surface area contributed by atoms with Crippen molar-refractivity contribution in [3.8, 4) is 5.75 Å². The molecule has 1 aliphatic rings. The van der Waals surface area contributed by atoms with Gasteiger partial charge in [0.05, 0.1) is 24.9 Å². The quantitative estimate of drug-likeness (QED) is 0.809. The van der Waals surface area contributed by atoms with Crippen LogP contribution in [0.15, 0.2) is 36.7 Å². The summed E-state index contributed by atoms with van der Waals surface area (Å²) in [6.07, 6.45) is 6.78. The molecule has 0 bridgehead atoms. The number of carboxylic acid groups (broad SMARTS) is 1. The molecule has 0 spiro atoms. The van der Waals surface area contributed by atoms with Crippen molar-refractivity contribution in [1.29, 1.82) is 0 Å². The number of hydrogen-bond donors (Lipinski definition) is 1. The number of carbonyl (C=O) groups excluding carboxylic acids is 1. The van der Waals surface area contributed by atoms with Crippen LogP contribution in [0.4, 0.5) is 0 Å². The predicted octanol–water partition coefficient (Wildman–Crippen LogP) is 2.78. The molecule has 3 rings (SSSR count). The number of methoxy groups -OCH3 is 1. The molecule has 7 heteroatoms. The third-order valence-electron chi connectivity index (χ3n) is 5.05. The van der Waals surface area contributed by atoms with Gasteiger partial charge in [-0.15, -0.1) is 0 Å². The fourth-order valence-corrected chi connectivity index (χ4v) is 3.42. The lowest BCUT2D eigenvalue weighted by molar-refractivity contribution is -0.132. The molecule has 27 heavy (non-hydrogen) atoms. The van der Waals surface area contributed by atoms with Gasteiger partial charge in [0, 0.05) is 25.7 Å². The second kappa shape index (κ2) is 8.70. The number of amides is 1. The lowest BCUT2D eigenvalue weighted by atomic mass is 10.0. The van der Waals surface area contributed by atoms with Crippen molar-refractivity contribution >= 4 is 11.9 Å². The van der Waals surface area contributed by atoms with E-state index in [1.54, 1.807) is 18.0 Å². The van der Waals surface area contributed by atoms with E-state index in [1.807, 2.05) is 29.2 Å². The maximum absolute atomic E-state index is 12.4. The van der Waals surface area contributed by atoms with Crippen LogP contribution in [0.25, 0.3) is 0 Å². The maximum Gasteiger partial charge on any atom is 0.338 e. The Bertz CT molecular complexity index is 777. The van der Waals surface area contributed by atoms with Crippen molar-refractivity contribution in [2.45, 2.75) is 38.1 Å². The zero-order valence-corrected chi connectivity index (χ0v) is 15.5. The van der Waals surface area contributed by atoms with Gasteiger partial charge >= 0.3 is 5.97 Å². The number of aromatic nitrogens is 2. The topological polar surface area (TPSA) is 84.7 Å². The molecule has 0 radical (unpaired) electrons. The number of carboxylic acids is 1. The van der Waals surface area contributed by atoms with Crippen LogP contribution in [0.2, 0.25) is 0 Å². The van der Waals surface area contributed by atoms with Crippen LogP contribution in [0.3, 0.4) is 0 Å². The second-order valence-corrected chi connectivity index (χ2v) is 6.83. The molecule has 2 heterocycles. The largest absolute Gasteiger partial charge is 0.497 e. The molecular formula is C20H25N3O4. The summed E-state index contributed by atoms with van der Waals surface area (Å²) in [5.74, 6) is 0.0599. The van der Waals surface area contributed by atoms with Gasteiger partial charge in [0.25, 0.3) is 0 Å². The Morgan fingerprint density at radius 1 is 1.22 bits per heavy atom. The van der Waals surface area contributed by atoms with Gasteiger partial charge in [0.2, 0.25) is 5.91 Å². The van der Waals surface area contributed by atoms with Crippen molar-refractivity contribution in [1.82, 2.24) is 14.7 Å². The van der Waals surface area contributed by atoms with Crippen LogP contribution >= 0.6 is 0 Å². The van der Waals surface area contributed by atoms with Gasteiger partial charge in [-0.25, -0.2) is 4.79 Å². The van der Waals surface area contributed by atoms with Crippen molar-refractivity contribution in [2.75, 3.05) is 20.2 Å². The summed E-state index contributed by atoms with van der Waals surface area (Å²) in [7, 11) is 1.65. The van der Waals surface area contributed by atoms with Crippen molar-refractivity contribution in [3.63, 3.8) is 0 Å². The first-order chi connectivity index (χ1) is 13.1. The van der Waals surface area contributed by atoms with E-state index in [-0.39, 0.29) is 17.5 Å². The predicted molar refractivity (Wildman–Crippen MR) is 100.0 cm³/mol. The number of nitrogens with zero attached hydrogens (tertiary/aromatic N) is 3.